The molecule has 1 heterocycles. The van der Waals surface area contributed by atoms with Crippen molar-refractivity contribution in [1.29, 1.82) is 0 Å². The van der Waals surface area contributed by atoms with Gasteiger partial charge in [-0.1, -0.05) is 13.0 Å². The molecule has 6 heteroatoms. The monoisotopic (exact) mass is 312 g/mol. The number of carbonyl (C=O) groups is 1. The largest absolute Gasteiger partial charge is 0.381 e. The number of hydrogen-bond donors (Lipinski definition) is 1. The first-order valence-corrected chi connectivity index (χ1v) is 7.51. The minimum Gasteiger partial charge on any atom is -0.381 e. The number of halogens is 2. The molecule has 0 spiro atoms. The number of methoxy groups -OCH3 is 1. The molecule has 0 saturated carbocycles. The van der Waals surface area contributed by atoms with Gasteiger partial charge in [0.05, 0.1) is 6.10 Å². The van der Waals surface area contributed by atoms with Crippen LogP contribution in [0.1, 0.15) is 31.2 Å². The molecule has 1 aromatic rings. The fourth-order valence-corrected chi connectivity index (χ4v) is 2.58. The second kappa shape index (κ2) is 7.54. The number of ether oxygens (including phenoxy) is 1. The number of benzene rings is 1. The summed E-state index contributed by atoms with van der Waals surface area (Å²) in [4.78, 5) is 13.8. The van der Waals surface area contributed by atoms with Gasteiger partial charge in [0, 0.05) is 26.7 Å². The van der Waals surface area contributed by atoms with E-state index in [4.69, 9.17) is 4.74 Å². The van der Waals surface area contributed by atoms with E-state index in [-0.39, 0.29) is 18.1 Å². The molecule has 0 aromatic heterocycles. The Morgan fingerprint density at radius 2 is 2.05 bits per heavy atom. The number of hydrogen-bond acceptors (Lipinski definition) is 2. The average molecular weight is 312 g/mol. The fourth-order valence-electron chi connectivity index (χ4n) is 2.58. The molecule has 1 N–H and O–H groups in total. The van der Waals surface area contributed by atoms with Crippen molar-refractivity contribution in [3.63, 3.8) is 0 Å². The molecule has 2 amide bonds. The van der Waals surface area contributed by atoms with E-state index in [2.05, 4.69) is 5.32 Å². The second-order valence-electron chi connectivity index (χ2n) is 5.68. The highest BCUT2D eigenvalue weighted by Crippen LogP contribution is 2.18. The lowest BCUT2D eigenvalue weighted by Crippen LogP contribution is -2.46. The smallest absolute Gasteiger partial charge is 0.317 e. The summed E-state index contributed by atoms with van der Waals surface area (Å²) < 4.78 is 31.4. The highest BCUT2D eigenvalue weighted by Gasteiger charge is 2.22. The summed E-state index contributed by atoms with van der Waals surface area (Å²) in [5.41, 5.74) is 0.664. The topological polar surface area (TPSA) is 41.6 Å². The van der Waals surface area contributed by atoms with Crippen molar-refractivity contribution in [3.05, 3.63) is 35.4 Å². The Morgan fingerprint density at radius 1 is 1.36 bits per heavy atom. The van der Waals surface area contributed by atoms with Gasteiger partial charge in [-0.25, -0.2) is 13.6 Å². The van der Waals surface area contributed by atoms with Gasteiger partial charge in [-0.15, -0.1) is 0 Å². The number of amides is 2. The molecule has 122 valence electrons. The second-order valence-corrected chi connectivity index (χ2v) is 5.68. The van der Waals surface area contributed by atoms with Crippen LogP contribution >= 0.6 is 0 Å². The Morgan fingerprint density at radius 3 is 2.64 bits per heavy atom. The Hall–Kier alpha value is -1.69. The zero-order chi connectivity index (χ0) is 16.1. The number of urea groups is 1. The van der Waals surface area contributed by atoms with Crippen LogP contribution in [0.25, 0.3) is 0 Å². The van der Waals surface area contributed by atoms with Crippen LogP contribution in [0.5, 0.6) is 0 Å². The summed E-state index contributed by atoms with van der Waals surface area (Å²) in [7, 11) is 1.68. The molecule has 4 nitrogen and oxygen atoms in total. The summed E-state index contributed by atoms with van der Waals surface area (Å²) in [6, 6.07) is 3.71. The maximum Gasteiger partial charge on any atom is 0.317 e. The minimum atomic E-state index is -0.864. The van der Waals surface area contributed by atoms with Crippen molar-refractivity contribution in [3.8, 4) is 0 Å². The van der Waals surface area contributed by atoms with E-state index in [0.29, 0.717) is 25.2 Å². The average Bonchev–Trinajstić information content (AvgIpc) is 2.54. The van der Waals surface area contributed by atoms with Gasteiger partial charge < -0.3 is 15.0 Å². The quantitative estimate of drug-likeness (QED) is 0.929. The fraction of sp³-hybridized carbons (Fsp3) is 0.562. The lowest BCUT2D eigenvalue weighted by atomic mass is 10.0. The predicted octanol–water partition coefficient (Wildman–Crippen LogP) is 2.89. The molecule has 0 bridgehead atoms. The number of nitrogens with zero attached hydrogens (tertiary/aromatic N) is 1. The van der Waals surface area contributed by atoms with Crippen LogP contribution in [-0.4, -0.2) is 43.8 Å². The summed E-state index contributed by atoms with van der Waals surface area (Å²) in [5.74, 6) is -1.81. The van der Waals surface area contributed by atoms with Crippen molar-refractivity contribution in [2.45, 2.75) is 31.8 Å². The van der Waals surface area contributed by atoms with E-state index < -0.39 is 11.6 Å². The first-order chi connectivity index (χ1) is 10.5. The van der Waals surface area contributed by atoms with Gasteiger partial charge in [0.1, 0.15) is 0 Å². The summed E-state index contributed by atoms with van der Waals surface area (Å²) in [6.45, 7) is 3.59. The van der Waals surface area contributed by atoms with Crippen LogP contribution < -0.4 is 5.32 Å². The van der Waals surface area contributed by atoms with Crippen LogP contribution in [-0.2, 0) is 4.74 Å². The van der Waals surface area contributed by atoms with Crippen LogP contribution in [0.4, 0.5) is 13.6 Å². The molecule has 0 unspecified atom stereocenters. The van der Waals surface area contributed by atoms with Gasteiger partial charge in [-0.2, -0.15) is 0 Å². The van der Waals surface area contributed by atoms with Crippen molar-refractivity contribution in [2.24, 2.45) is 0 Å². The molecule has 1 fully saturated rings. The summed E-state index contributed by atoms with van der Waals surface area (Å²) >= 11 is 0. The highest BCUT2D eigenvalue weighted by atomic mass is 19.2. The van der Waals surface area contributed by atoms with Gasteiger partial charge in [0.2, 0.25) is 0 Å². The van der Waals surface area contributed by atoms with Crippen molar-refractivity contribution in [1.82, 2.24) is 10.2 Å². The van der Waals surface area contributed by atoms with Gasteiger partial charge in [-0.3, -0.25) is 0 Å². The molecule has 2 rings (SSSR count). The number of rotatable bonds is 4. The van der Waals surface area contributed by atoms with Crippen LogP contribution in [0, 0.1) is 11.6 Å². The third-order valence-electron chi connectivity index (χ3n) is 4.13. The molecule has 22 heavy (non-hydrogen) atoms. The molecule has 1 aliphatic heterocycles. The van der Waals surface area contributed by atoms with Gasteiger partial charge in [0.25, 0.3) is 0 Å². The normalized spacial score (nSPS) is 17.4. The lowest BCUT2D eigenvalue weighted by Gasteiger charge is -2.31. The Bertz CT molecular complexity index is 517. The summed E-state index contributed by atoms with van der Waals surface area (Å²) in [5, 5.41) is 2.85. The predicted molar refractivity (Wildman–Crippen MR) is 79.8 cm³/mol. The lowest BCUT2D eigenvalue weighted by molar-refractivity contribution is 0.0503. The zero-order valence-electron chi connectivity index (χ0n) is 12.9. The van der Waals surface area contributed by atoms with Gasteiger partial charge >= 0.3 is 6.03 Å². The Balaban J connectivity index is 1.81. The van der Waals surface area contributed by atoms with E-state index >= 15 is 0 Å². The maximum absolute atomic E-state index is 13.2. The third-order valence-corrected chi connectivity index (χ3v) is 4.13. The molecule has 1 aromatic carbocycles. The molecule has 1 aliphatic rings. The van der Waals surface area contributed by atoms with Crippen LogP contribution in [0.2, 0.25) is 0 Å². The molecule has 0 radical (unpaired) electrons. The maximum atomic E-state index is 13.2. The molecular formula is C16H22F2N2O2. The standard InChI is InChI=1S/C16H22F2N2O2/c1-11(12-3-4-14(17)15(18)9-12)10-19-16(21)20-7-5-13(22-2)6-8-20/h3-4,9,11,13H,5-8,10H2,1-2H3,(H,19,21)/t11-/m0/s1. The number of piperidine rings is 1. The van der Waals surface area contributed by atoms with Crippen molar-refractivity contribution < 1.29 is 18.3 Å². The Labute approximate surface area is 129 Å². The van der Waals surface area contributed by atoms with Crippen molar-refractivity contribution in [2.75, 3.05) is 26.7 Å². The van der Waals surface area contributed by atoms with E-state index in [1.165, 1.54) is 6.07 Å². The molecule has 0 aliphatic carbocycles. The van der Waals surface area contributed by atoms with Crippen LogP contribution in [0.15, 0.2) is 18.2 Å². The first-order valence-electron chi connectivity index (χ1n) is 7.51. The van der Waals surface area contributed by atoms with Gasteiger partial charge in [-0.05, 0) is 36.5 Å². The molecule has 1 atom stereocenters. The number of nitrogens with one attached hydrogen (secondary N) is 1. The highest BCUT2D eigenvalue weighted by molar-refractivity contribution is 5.74. The first kappa shape index (κ1) is 16.7. The SMILES string of the molecule is COC1CCN(C(=O)NC[C@H](C)c2ccc(F)c(F)c2)CC1. The van der Waals surface area contributed by atoms with Gasteiger partial charge in [0.15, 0.2) is 11.6 Å². The third kappa shape index (κ3) is 4.16. The van der Waals surface area contributed by atoms with Crippen molar-refractivity contribution >= 4 is 6.03 Å². The number of likely N-dealkylation sites (tertiary alicyclic amines) is 1. The van der Waals surface area contributed by atoms with E-state index in [1.54, 1.807) is 18.1 Å². The molecular weight excluding hydrogens is 290 g/mol. The number of carbonyl (C=O) groups excluding carboxylic acids is 1. The molecule has 1 saturated heterocycles. The van der Waals surface area contributed by atoms with Crippen LogP contribution in [0.3, 0.4) is 0 Å². The Kier molecular flexibility index (Phi) is 5.71. The van der Waals surface area contributed by atoms with E-state index in [1.807, 2.05) is 6.92 Å². The summed E-state index contributed by atoms with van der Waals surface area (Å²) in [6.07, 6.45) is 1.90. The van der Waals surface area contributed by atoms with E-state index in [9.17, 15) is 13.6 Å². The van der Waals surface area contributed by atoms with E-state index in [0.717, 1.165) is 18.9 Å². The minimum absolute atomic E-state index is 0.0874. The zero-order valence-corrected chi connectivity index (χ0v) is 12.9.